The number of nitrogens with two attached hydrogens (primary N) is 1. The molecular formula is C18H20N4O2S. The number of benzene rings is 1. The van der Waals surface area contributed by atoms with Crippen molar-refractivity contribution in [1.82, 2.24) is 9.97 Å². The van der Waals surface area contributed by atoms with Gasteiger partial charge in [0.15, 0.2) is 4.77 Å². The van der Waals surface area contributed by atoms with Crippen LogP contribution in [0.25, 0.3) is 0 Å². The molecule has 1 unspecified atom stereocenters. The minimum Gasteiger partial charge on any atom is -0.466 e. The number of hydrogen-bond donors (Lipinski definition) is 3. The highest BCUT2D eigenvalue weighted by Gasteiger charge is 2.35. The smallest absolute Gasteiger partial charge is 0.336 e. The van der Waals surface area contributed by atoms with E-state index < -0.39 is 5.97 Å². The normalized spacial score (nSPS) is 16.2. The highest BCUT2D eigenvalue weighted by atomic mass is 32.1. The molecule has 1 aromatic carbocycles. The molecule has 0 bridgehead atoms. The van der Waals surface area contributed by atoms with E-state index in [2.05, 4.69) is 34.3 Å². The Labute approximate surface area is 151 Å². The van der Waals surface area contributed by atoms with Gasteiger partial charge < -0.3 is 20.8 Å². The molecule has 1 atom stereocenters. The molecule has 1 aliphatic rings. The summed E-state index contributed by atoms with van der Waals surface area (Å²) in [5.41, 5.74) is 10.2. The van der Waals surface area contributed by atoms with Gasteiger partial charge in [-0.05, 0) is 36.7 Å². The lowest BCUT2D eigenvalue weighted by atomic mass is 9.81. The van der Waals surface area contributed by atoms with E-state index in [0.29, 0.717) is 28.5 Å². The fraction of sp³-hybridized carbons (Fsp3) is 0.278. The monoisotopic (exact) mass is 356 g/mol. The van der Waals surface area contributed by atoms with Crippen molar-refractivity contribution in [3.63, 3.8) is 0 Å². The average Bonchev–Trinajstić information content (AvgIpc) is 2.59. The van der Waals surface area contributed by atoms with E-state index in [1.54, 1.807) is 0 Å². The summed E-state index contributed by atoms with van der Waals surface area (Å²) in [5.74, 6) is 0.174. The molecule has 0 saturated heterocycles. The van der Waals surface area contributed by atoms with E-state index in [0.717, 1.165) is 12.0 Å². The Hall–Kier alpha value is -2.67. The summed E-state index contributed by atoms with van der Waals surface area (Å²) >= 11 is 5.12. The van der Waals surface area contributed by atoms with Crippen LogP contribution in [0, 0.1) is 4.77 Å². The van der Waals surface area contributed by atoms with Gasteiger partial charge in [-0.1, -0.05) is 31.2 Å². The summed E-state index contributed by atoms with van der Waals surface area (Å²) in [6.07, 6.45) is 0.943. The lowest BCUT2D eigenvalue weighted by molar-refractivity contribution is -0.136. The second-order valence-electron chi connectivity index (χ2n) is 5.90. The molecule has 2 heterocycles. The molecule has 0 amide bonds. The van der Waals surface area contributed by atoms with Crippen molar-refractivity contribution in [3.8, 4) is 0 Å². The topological polar surface area (TPSA) is 93.0 Å². The van der Waals surface area contributed by atoms with Gasteiger partial charge in [0.25, 0.3) is 0 Å². The molecule has 0 spiro atoms. The second-order valence-corrected chi connectivity index (χ2v) is 6.29. The van der Waals surface area contributed by atoms with Crippen LogP contribution in [0.2, 0.25) is 0 Å². The predicted molar refractivity (Wildman–Crippen MR) is 99.8 cm³/mol. The zero-order valence-corrected chi connectivity index (χ0v) is 15.2. The summed E-state index contributed by atoms with van der Waals surface area (Å²) in [7, 11) is 1.37. The number of nitrogen functional groups attached to an aromatic ring is 1. The number of aryl methyl sites for hydroxylation is 1. The third-order valence-electron chi connectivity index (χ3n) is 4.41. The number of hydrogen-bond acceptors (Lipinski definition) is 6. The van der Waals surface area contributed by atoms with E-state index in [-0.39, 0.29) is 10.7 Å². The molecule has 0 aliphatic carbocycles. The molecular weight excluding hydrogens is 336 g/mol. The van der Waals surface area contributed by atoms with Gasteiger partial charge in [0.05, 0.1) is 18.6 Å². The molecule has 25 heavy (non-hydrogen) atoms. The maximum atomic E-state index is 12.5. The van der Waals surface area contributed by atoms with Crippen molar-refractivity contribution in [2.75, 3.05) is 18.2 Å². The van der Waals surface area contributed by atoms with Gasteiger partial charge in [-0.15, -0.1) is 0 Å². The molecule has 1 aliphatic heterocycles. The summed E-state index contributed by atoms with van der Waals surface area (Å²) in [4.78, 5) is 19.7. The van der Waals surface area contributed by atoms with E-state index >= 15 is 0 Å². The number of fused-ring (bicyclic) bond motifs is 1. The third-order valence-corrected chi connectivity index (χ3v) is 4.61. The lowest BCUT2D eigenvalue weighted by Gasteiger charge is -2.30. The molecule has 6 nitrogen and oxygen atoms in total. The summed E-state index contributed by atoms with van der Waals surface area (Å²) < 4.78 is 5.30. The van der Waals surface area contributed by atoms with Crippen molar-refractivity contribution in [2.45, 2.75) is 26.2 Å². The van der Waals surface area contributed by atoms with Gasteiger partial charge in [-0.25, -0.2) is 9.78 Å². The van der Waals surface area contributed by atoms with Crippen LogP contribution in [0.4, 0.5) is 11.6 Å². The number of nitrogens with one attached hydrogen (secondary N) is 2. The lowest BCUT2D eigenvalue weighted by Crippen LogP contribution is -2.26. The number of carbonyl (C=O) groups is 1. The van der Waals surface area contributed by atoms with E-state index in [1.165, 1.54) is 12.7 Å². The van der Waals surface area contributed by atoms with Crippen LogP contribution >= 0.6 is 12.2 Å². The van der Waals surface area contributed by atoms with Crippen molar-refractivity contribution < 1.29 is 9.53 Å². The van der Waals surface area contributed by atoms with Crippen molar-refractivity contribution in [3.05, 3.63) is 57.0 Å². The molecule has 0 radical (unpaired) electrons. The number of methoxy groups -OCH3 is 1. The first-order chi connectivity index (χ1) is 12.0. The fourth-order valence-electron chi connectivity index (χ4n) is 3.15. The number of rotatable bonds is 3. The van der Waals surface area contributed by atoms with Gasteiger partial charge in [0, 0.05) is 11.3 Å². The summed E-state index contributed by atoms with van der Waals surface area (Å²) in [6, 6.07) is 8.12. The summed E-state index contributed by atoms with van der Waals surface area (Å²) in [6.45, 7) is 3.92. The van der Waals surface area contributed by atoms with Gasteiger partial charge in [-0.3, -0.25) is 0 Å². The number of ether oxygens (including phenoxy) is 1. The van der Waals surface area contributed by atoms with Crippen LogP contribution in [-0.4, -0.2) is 23.0 Å². The number of anilines is 2. The Morgan fingerprint density at radius 2 is 2.04 bits per heavy atom. The highest BCUT2D eigenvalue weighted by molar-refractivity contribution is 7.71. The summed E-state index contributed by atoms with van der Waals surface area (Å²) in [5, 5.41) is 3.13. The third kappa shape index (κ3) is 3.02. The van der Waals surface area contributed by atoms with Crippen LogP contribution in [0.15, 0.2) is 35.5 Å². The minimum absolute atomic E-state index is 0.290. The van der Waals surface area contributed by atoms with Crippen LogP contribution in [-0.2, 0) is 16.0 Å². The second kappa shape index (κ2) is 6.68. The SMILES string of the molecule is CCc1ccc(C2C(C(=O)OC)=C(C)Nc3nc(=S)[nH]c(N)c32)cc1. The Morgan fingerprint density at radius 3 is 2.64 bits per heavy atom. The van der Waals surface area contributed by atoms with Gasteiger partial charge in [0.1, 0.15) is 11.6 Å². The Morgan fingerprint density at radius 1 is 1.36 bits per heavy atom. The van der Waals surface area contributed by atoms with E-state index in [1.807, 2.05) is 19.1 Å². The van der Waals surface area contributed by atoms with E-state index in [9.17, 15) is 4.79 Å². The average molecular weight is 356 g/mol. The number of esters is 1. The number of aromatic nitrogens is 2. The molecule has 1 aromatic heterocycles. The van der Waals surface area contributed by atoms with Crippen molar-refractivity contribution in [1.29, 1.82) is 0 Å². The molecule has 0 fully saturated rings. The van der Waals surface area contributed by atoms with Crippen LogP contribution in [0.3, 0.4) is 0 Å². The zero-order chi connectivity index (χ0) is 18.1. The quantitative estimate of drug-likeness (QED) is 0.577. The molecule has 0 saturated carbocycles. The Kier molecular flexibility index (Phi) is 4.59. The van der Waals surface area contributed by atoms with Gasteiger partial charge in [-0.2, -0.15) is 0 Å². The maximum Gasteiger partial charge on any atom is 0.336 e. The first-order valence-electron chi connectivity index (χ1n) is 8.00. The standard InChI is InChI=1S/C18H20N4O2S/c1-4-10-5-7-11(8-6-10)13-12(17(23)24-3)9(2)20-16-14(13)15(19)21-18(25)22-16/h5-8,13H,4H2,1-3H3,(H4,19,20,21,22,25). The molecule has 4 N–H and O–H groups in total. The minimum atomic E-state index is -0.401. The first kappa shape index (κ1) is 17.2. The first-order valence-corrected chi connectivity index (χ1v) is 8.41. The highest BCUT2D eigenvalue weighted by Crippen LogP contribution is 2.43. The number of allylic oxidation sites excluding steroid dienone is 1. The van der Waals surface area contributed by atoms with Crippen molar-refractivity contribution >= 4 is 29.8 Å². The number of nitrogens with zero attached hydrogens (tertiary/aromatic N) is 1. The molecule has 7 heteroatoms. The van der Waals surface area contributed by atoms with Gasteiger partial charge >= 0.3 is 5.97 Å². The fourth-order valence-corrected chi connectivity index (χ4v) is 3.35. The zero-order valence-electron chi connectivity index (χ0n) is 14.3. The number of H-pyrrole nitrogens is 1. The molecule has 3 rings (SSSR count). The maximum absolute atomic E-state index is 12.5. The largest absolute Gasteiger partial charge is 0.466 e. The van der Waals surface area contributed by atoms with Gasteiger partial charge in [0.2, 0.25) is 0 Å². The Balaban J connectivity index is 2.26. The van der Waals surface area contributed by atoms with Crippen molar-refractivity contribution in [2.24, 2.45) is 0 Å². The molecule has 2 aromatic rings. The number of aromatic amines is 1. The van der Waals surface area contributed by atoms with E-state index in [4.69, 9.17) is 22.7 Å². The van der Waals surface area contributed by atoms with Crippen LogP contribution < -0.4 is 11.1 Å². The van der Waals surface area contributed by atoms with Crippen LogP contribution in [0.5, 0.6) is 0 Å². The molecule has 130 valence electrons. The Bertz CT molecular complexity index is 916. The number of carbonyl (C=O) groups excluding carboxylic acids is 1. The predicted octanol–water partition coefficient (Wildman–Crippen LogP) is 3.29. The van der Waals surface area contributed by atoms with Crippen LogP contribution in [0.1, 0.15) is 36.5 Å².